The number of amides is 1. The van der Waals surface area contributed by atoms with Gasteiger partial charge < -0.3 is 15.9 Å². The number of primary amides is 1. The van der Waals surface area contributed by atoms with Gasteiger partial charge in [0.15, 0.2) is 5.41 Å². The number of carbonyl (C=O) groups is 2. The molecule has 0 aromatic heterocycles. The van der Waals surface area contributed by atoms with Gasteiger partial charge in [-0.3, -0.25) is 9.59 Å². The quantitative estimate of drug-likeness (QED) is 0.708. The van der Waals surface area contributed by atoms with E-state index in [-0.39, 0.29) is 24.5 Å². The van der Waals surface area contributed by atoms with Crippen LogP contribution in [0.2, 0.25) is 5.02 Å². The Labute approximate surface area is 119 Å². The fourth-order valence-corrected chi connectivity index (χ4v) is 3.08. The lowest BCUT2D eigenvalue weighted by Crippen LogP contribution is -2.39. The van der Waals surface area contributed by atoms with Crippen LogP contribution in [0.25, 0.3) is 0 Å². The van der Waals surface area contributed by atoms with Crippen molar-refractivity contribution in [1.29, 1.82) is 0 Å². The Hall–Kier alpha value is -1.66. The number of carbonyl (C=O) groups excluding carboxylic acids is 1. The van der Waals surface area contributed by atoms with Gasteiger partial charge in [0.25, 0.3) is 0 Å². The largest absolute Gasteiger partial charge is 0.480 e. The van der Waals surface area contributed by atoms with Gasteiger partial charge in [0.2, 0.25) is 5.91 Å². The maximum atomic E-state index is 13.2. The summed E-state index contributed by atoms with van der Waals surface area (Å²) in [6.45, 7) is -0.322. The van der Waals surface area contributed by atoms with Crippen LogP contribution >= 0.6 is 11.6 Å². The molecule has 1 saturated carbocycles. The molecule has 108 valence electrons. The first-order valence-corrected chi connectivity index (χ1v) is 6.29. The third-order valence-corrected chi connectivity index (χ3v) is 4.35. The van der Waals surface area contributed by atoms with Crippen molar-refractivity contribution >= 4 is 23.5 Å². The molecule has 2 atom stereocenters. The van der Waals surface area contributed by atoms with Crippen LogP contribution in [-0.2, 0) is 15.0 Å². The van der Waals surface area contributed by atoms with E-state index >= 15 is 0 Å². The number of aliphatic carboxylic acids is 1. The second-order valence-corrected chi connectivity index (χ2v) is 5.34. The van der Waals surface area contributed by atoms with Gasteiger partial charge >= 0.3 is 5.97 Å². The van der Waals surface area contributed by atoms with Crippen molar-refractivity contribution in [1.82, 2.24) is 0 Å². The van der Waals surface area contributed by atoms with E-state index in [1.807, 2.05) is 0 Å². The predicted molar refractivity (Wildman–Crippen MR) is 68.7 cm³/mol. The molecule has 1 aromatic carbocycles. The third-order valence-electron chi connectivity index (χ3n) is 4.06. The Morgan fingerprint density at radius 1 is 1.45 bits per heavy atom. The molecule has 20 heavy (non-hydrogen) atoms. The van der Waals surface area contributed by atoms with E-state index in [4.69, 9.17) is 17.3 Å². The van der Waals surface area contributed by atoms with Gasteiger partial charge in [-0.2, -0.15) is 0 Å². The highest BCUT2D eigenvalue weighted by Gasteiger charge is 2.76. The molecule has 1 aliphatic rings. The molecule has 0 radical (unpaired) electrons. The number of carboxylic acids is 1. The monoisotopic (exact) mass is 301 g/mol. The van der Waals surface area contributed by atoms with Gasteiger partial charge in [-0.1, -0.05) is 17.7 Å². The molecule has 1 aromatic rings. The Bertz CT molecular complexity index is 578. The van der Waals surface area contributed by atoms with Gasteiger partial charge in [0, 0.05) is 12.0 Å². The first-order valence-electron chi connectivity index (χ1n) is 5.91. The van der Waals surface area contributed by atoms with E-state index in [1.54, 1.807) is 0 Å². The van der Waals surface area contributed by atoms with E-state index in [1.165, 1.54) is 12.1 Å². The maximum Gasteiger partial charge on any atom is 0.320 e. The lowest BCUT2D eigenvalue weighted by Gasteiger charge is -2.21. The van der Waals surface area contributed by atoms with Crippen molar-refractivity contribution in [2.24, 2.45) is 11.1 Å². The molecule has 0 spiro atoms. The zero-order valence-electron chi connectivity index (χ0n) is 10.4. The van der Waals surface area contributed by atoms with E-state index in [9.17, 15) is 24.2 Å². The van der Waals surface area contributed by atoms with Crippen molar-refractivity contribution in [3.63, 3.8) is 0 Å². The van der Waals surface area contributed by atoms with Crippen molar-refractivity contribution in [2.75, 3.05) is 6.61 Å². The summed E-state index contributed by atoms with van der Waals surface area (Å²) in [5, 5.41) is 18.3. The fourth-order valence-electron chi connectivity index (χ4n) is 2.90. The number of hydrogen-bond donors (Lipinski definition) is 3. The second kappa shape index (κ2) is 4.71. The predicted octanol–water partition coefficient (Wildman–Crippen LogP) is 1.06. The number of aliphatic hydroxyl groups excluding tert-OH is 1. The molecule has 4 N–H and O–H groups in total. The van der Waals surface area contributed by atoms with Crippen LogP contribution in [0.4, 0.5) is 4.39 Å². The van der Waals surface area contributed by atoms with Gasteiger partial charge in [0.05, 0.1) is 5.02 Å². The summed E-state index contributed by atoms with van der Waals surface area (Å²) in [5.74, 6) is -2.96. The van der Waals surface area contributed by atoms with Crippen molar-refractivity contribution < 1.29 is 24.2 Å². The number of hydrogen-bond acceptors (Lipinski definition) is 3. The van der Waals surface area contributed by atoms with Gasteiger partial charge in [-0.25, -0.2) is 4.39 Å². The van der Waals surface area contributed by atoms with E-state index < -0.39 is 28.5 Å². The van der Waals surface area contributed by atoms with Crippen LogP contribution in [0.3, 0.4) is 0 Å². The lowest BCUT2D eigenvalue weighted by atomic mass is 9.83. The number of aliphatic hydroxyl groups is 1. The van der Waals surface area contributed by atoms with Gasteiger partial charge in [-0.05, 0) is 30.5 Å². The number of halogens is 2. The number of carboxylic acid groups (broad SMARTS) is 1. The number of rotatable bonds is 5. The Balaban J connectivity index is 2.56. The first kappa shape index (κ1) is 14.7. The Morgan fingerprint density at radius 2 is 2.10 bits per heavy atom. The molecular weight excluding hydrogens is 289 g/mol. The molecule has 2 rings (SSSR count). The van der Waals surface area contributed by atoms with Crippen molar-refractivity contribution in [3.8, 4) is 0 Å². The van der Waals surface area contributed by atoms with Gasteiger partial charge in [-0.15, -0.1) is 0 Å². The number of nitrogens with two attached hydrogens (primary N) is 1. The average molecular weight is 302 g/mol. The summed E-state index contributed by atoms with van der Waals surface area (Å²) >= 11 is 5.70. The molecule has 1 fully saturated rings. The summed E-state index contributed by atoms with van der Waals surface area (Å²) in [7, 11) is 0. The van der Waals surface area contributed by atoms with Crippen molar-refractivity contribution in [2.45, 2.75) is 18.3 Å². The summed E-state index contributed by atoms with van der Waals surface area (Å²) in [5.41, 5.74) is 2.70. The highest BCUT2D eigenvalue weighted by Crippen LogP contribution is 2.66. The van der Waals surface area contributed by atoms with Crippen LogP contribution in [0.15, 0.2) is 18.2 Å². The minimum atomic E-state index is -1.78. The van der Waals surface area contributed by atoms with E-state index in [2.05, 4.69) is 0 Å². The van der Waals surface area contributed by atoms with E-state index in [0.29, 0.717) is 5.56 Å². The van der Waals surface area contributed by atoms with E-state index in [0.717, 1.165) is 6.07 Å². The molecule has 0 aliphatic heterocycles. The lowest BCUT2D eigenvalue weighted by molar-refractivity contribution is -0.149. The standard InChI is InChI=1S/C13H13ClFNO4/c14-8-5-7(1-2-9(8)15)12(3-4-17)6-13(12,10(16)18)11(19)20/h1-2,5,17H,3-4,6H2,(H2,16,18)(H,19,20). The summed E-state index contributed by atoms with van der Waals surface area (Å²) in [6.07, 6.45) is -0.00259. The second-order valence-electron chi connectivity index (χ2n) is 4.94. The fraction of sp³-hybridized carbons (Fsp3) is 0.385. The average Bonchev–Trinajstić information content (AvgIpc) is 3.05. The van der Waals surface area contributed by atoms with Gasteiger partial charge in [0.1, 0.15) is 5.82 Å². The summed E-state index contributed by atoms with van der Waals surface area (Å²) in [6, 6.07) is 3.74. The zero-order valence-corrected chi connectivity index (χ0v) is 11.2. The van der Waals surface area contributed by atoms with Crippen molar-refractivity contribution in [3.05, 3.63) is 34.6 Å². The first-order chi connectivity index (χ1) is 9.31. The summed E-state index contributed by atoms with van der Waals surface area (Å²) < 4.78 is 13.2. The molecule has 0 bridgehead atoms. The molecule has 0 saturated heterocycles. The van der Waals surface area contributed by atoms with Crippen LogP contribution < -0.4 is 5.73 Å². The third kappa shape index (κ3) is 1.79. The smallest absolute Gasteiger partial charge is 0.320 e. The summed E-state index contributed by atoms with van der Waals surface area (Å²) in [4.78, 5) is 23.0. The van der Waals surface area contributed by atoms with Crippen LogP contribution in [-0.4, -0.2) is 28.7 Å². The molecule has 2 unspecified atom stereocenters. The SMILES string of the molecule is NC(=O)C1(C(=O)O)CC1(CCO)c1ccc(F)c(Cl)c1. The Morgan fingerprint density at radius 3 is 2.50 bits per heavy atom. The minimum absolute atomic E-state index is 0.0319. The maximum absolute atomic E-state index is 13.2. The zero-order chi connectivity index (χ0) is 15.1. The highest BCUT2D eigenvalue weighted by molar-refractivity contribution is 6.30. The molecular formula is C13H13ClFNO4. The normalized spacial score (nSPS) is 28.1. The van der Waals surface area contributed by atoms with Crippen LogP contribution in [0, 0.1) is 11.2 Å². The molecule has 7 heteroatoms. The van der Waals surface area contributed by atoms with Crippen LogP contribution in [0.5, 0.6) is 0 Å². The highest BCUT2D eigenvalue weighted by atomic mass is 35.5. The number of benzene rings is 1. The molecule has 5 nitrogen and oxygen atoms in total. The topological polar surface area (TPSA) is 101 Å². The minimum Gasteiger partial charge on any atom is -0.480 e. The molecule has 0 heterocycles. The molecule has 1 amide bonds. The molecule has 1 aliphatic carbocycles. The Kier molecular flexibility index (Phi) is 3.47. The van der Waals surface area contributed by atoms with Crippen LogP contribution in [0.1, 0.15) is 18.4 Å².